The number of benzene rings is 1. The Morgan fingerprint density at radius 1 is 1.37 bits per heavy atom. The maximum absolute atomic E-state index is 10.9. The molecule has 2 rings (SSSR count). The van der Waals surface area contributed by atoms with Crippen LogP contribution in [0.15, 0.2) is 29.0 Å². The first-order valence-electron chi connectivity index (χ1n) is 6.65. The van der Waals surface area contributed by atoms with Gasteiger partial charge in [0.05, 0.1) is 0 Å². The average Bonchev–Trinajstić information content (AvgIpc) is 2.83. The van der Waals surface area contributed by atoms with Gasteiger partial charge in [0.25, 0.3) is 0 Å². The lowest BCUT2D eigenvalue weighted by molar-refractivity contribution is -0.117. The Hall–Kier alpha value is -1.68. The van der Waals surface area contributed by atoms with Crippen LogP contribution in [0.4, 0.5) is 0 Å². The monoisotopic (exact) mass is 260 g/mol. The average molecular weight is 260 g/mol. The third kappa shape index (κ3) is 4.17. The number of fused-ring (bicyclic) bond motifs is 1. The molecule has 0 aliphatic heterocycles. The van der Waals surface area contributed by atoms with Crippen molar-refractivity contribution in [1.82, 2.24) is 9.88 Å². The molecule has 0 saturated heterocycles. The number of nitrogens with zero attached hydrogens (tertiary/aromatic N) is 2. The molecule has 4 heteroatoms. The molecule has 0 aliphatic carbocycles. The van der Waals surface area contributed by atoms with Gasteiger partial charge in [-0.1, -0.05) is 6.07 Å². The Kier molecular flexibility index (Phi) is 4.68. The maximum Gasteiger partial charge on any atom is 0.181 e. The summed E-state index contributed by atoms with van der Waals surface area (Å²) in [4.78, 5) is 17.2. The van der Waals surface area contributed by atoms with Crippen LogP contribution in [0.5, 0.6) is 0 Å². The van der Waals surface area contributed by atoms with Gasteiger partial charge in [-0.2, -0.15) is 0 Å². The summed E-state index contributed by atoms with van der Waals surface area (Å²) >= 11 is 0. The number of likely N-dealkylation sites (N-methyl/N-ethyl adjacent to an activating group) is 1. The van der Waals surface area contributed by atoms with Crippen LogP contribution in [0.3, 0.4) is 0 Å². The number of carbonyl (C=O) groups excluding carboxylic acids is 1. The zero-order valence-corrected chi connectivity index (χ0v) is 11.6. The Bertz CT molecular complexity index is 548. The molecule has 19 heavy (non-hydrogen) atoms. The van der Waals surface area contributed by atoms with Crippen LogP contribution in [0.2, 0.25) is 0 Å². The molecular formula is C15H20N2O2. The van der Waals surface area contributed by atoms with E-state index in [-0.39, 0.29) is 5.78 Å². The number of rotatable bonds is 7. The van der Waals surface area contributed by atoms with Crippen LogP contribution in [0.25, 0.3) is 11.1 Å². The Morgan fingerprint density at radius 2 is 2.21 bits per heavy atom. The molecule has 0 unspecified atom stereocenters. The van der Waals surface area contributed by atoms with Crippen LogP contribution in [0, 0.1) is 0 Å². The molecule has 0 aliphatic rings. The normalized spacial score (nSPS) is 11.3. The summed E-state index contributed by atoms with van der Waals surface area (Å²) in [5.41, 5.74) is 3.00. The molecule has 4 nitrogen and oxygen atoms in total. The first-order valence-corrected chi connectivity index (χ1v) is 6.65. The maximum atomic E-state index is 10.9. The van der Waals surface area contributed by atoms with E-state index in [9.17, 15) is 4.79 Å². The van der Waals surface area contributed by atoms with Gasteiger partial charge in [0, 0.05) is 13.0 Å². The summed E-state index contributed by atoms with van der Waals surface area (Å²) in [6.45, 7) is 3.59. The lowest BCUT2D eigenvalue weighted by Crippen LogP contribution is -2.22. The van der Waals surface area contributed by atoms with E-state index in [4.69, 9.17) is 4.42 Å². The molecule has 102 valence electrons. The number of oxazole rings is 1. The summed E-state index contributed by atoms with van der Waals surface area (Å²) in [5.74, 6) is 0.268. The number of Topliss-reactive ketones (excluding diaryl/α,β-unsaturated/α-hetero) is 1. The number of aromatic nitrogens is 1. The van der Waals surface area contributed by atoms with Crippen molar-refractivity contribution in [1.29, 1.82) is 0 Å². The van der Waals surface area contributed by atoms with E-state index in [2.05, 4.69) is 23.0 Å². The van der Waals surface area contributed by atoms with Gasteiger partial charge in [-0.05, 0) is 51.1 Å². The second-order valence-corrected chi connectivity index (χ2v) is 5.01. The number of hydrogen-bond donors (Lipinski definition) is 0. The van der Waals surface area contributed by atoms with Crippen LogP contribution in [-0.4, -0.2) is 35.8 Å². The van der Waals surface area contributed by atoms with Gasteiger partial charge in [-0.25, -0.2) is 4.98 Å². The summed E-state index contributed by atoms with van der Waals surface area (Å²) in [5, 5.41) is 0. The van der Waals surface area contributed by atoms with Crippen molar-refractivity contribution in [3.63, 3.8) is 0 Å². The first-order chi connectivity index (χ1) is 9.15. The summed E-state index contributed by atoms with van der Waals surface area (Å²) < 4.78 is 5.29. The standard InChI is InChI=1S/C15H20N2O2/c1-12(18)4-3-8-17(2)9-7-13-5-6-14-15(10-13)19-11-16-14/h5-6,10-11H,3-4,7-9H2,1-2H3. The highest BCUT2D eigenvalue weighted by molar-refractivity contribution is 5.75. The van der Waals surface area contributed by atoms with E-state index in [1.165, 1.54) is 12.0 Å². The van der Waals surface area contributed by atoms with Crippen molar-refractivity contribution in [2.75, 3.05) is 20.1 Å². The molecule has 0 amide bonds. The number of carbonyl (C=O) groups is 1. The van der Waals surface area contributed by atoms with Crippen molar-refractivity contribution in [3.8, 4) is 0 Å². The van der Waals surface area contributed by atoms with E-state index >= 15 is 0 Å². The van der Waals surface area contributed by atoms with E-state index < -0.39 is 0 Å². The van der Waals surface area contributed by atoms with Gasteiger partial charge < -0.3 is 14.1 Å². The molecule has 0 radical (unpaired) electrons. The Morgan fingerprint density at radius 3 is 3.00 bits per heavy atom. The lowest BCUT2D eigenvalue weighted by Gasteiger charge is -2.15. The molecule has 2 aromatic rings. The van der Waals surface area contributed by atoms with Crippen molar-refractivity contribution in [3.05, 3.63) is 30.2 Å². The van der Waals surface area contributed by atoms with Crippen molar-refractivity contribution >= 4 is 16.9 Å². The van der Waals surface area contributed by atoms with E-state index in [0.29, 0.717) is 6.42 Å². The highest BCUT2D eigenvalue weighted by atomic mass is 16.3. The fraction of sp³-hybridized carbons (Fsp3) is 0.467. The summed E-state index contributed by atoms with van der Waals surface area (Å²) in [6.07, 6.45) is 4.07. The van der Waals surface area contributed by atoms with E-state index in [0.717, 1.165) is 37.0 Å². The fourth-order valence-electron chi connectivity index (χ4n) is 2.08. The molecule has 0 spiro atoms. The van der Waals surface area contributed by atoms with Gasteiger partial charge in [0.2, 0.25) is 0 Å². The molecule has 0 atom stereocenters. The molecule has 1 heterocycles. The van der Waals surface area contributed by atoms with Gasteiger partial charge in [0.1, 0.15) is 11.3 Å². The highest BCUT2D eigenvalue weighted by Gasteiger charge is 2.03. The zero-order valence-electron chi connectivity index (χ0n) is 11.6. The summed E-state index contributed by atoms with van der Waals surface area (Å²) in [6, 6.07) is 6.13. The molecule has 1 aromatic heterocycles. The van der Waals surface area contributed by atoms with Crippen LogP contribution < -0.4 is 0 Å². The fourth-order valence-corrected chi connectivity index (χ4v) is 2.08. The third-order valence-electron chi connectivity index (χ3n) is 3.25. The Balaban J connectivity index is 1.79. The zero-order chi connectivity index (χ0) is 13.7. The molecular weight excluding hydrogens is 240 g/mol. The van der Waals surface area contributed by atoms with Gasteiger partial charge in [-0.15, -0.1) is 0 Å². The second kappa shape index (κ2) is 6.48. The SMILES string of the molecule is CC(=O)CCCN(C)CCc1ccc2ncoc2c1. The minimum atomic E-state index is 0.268. The smallest absolute Gasteiger partial charge is 0.181 e. The second-order valence-electron chi connectivity index (χ2n) is 5.01. The molecule has 0 saturated carbocycles. The van der Waals surface area contributed by atoms with Crippen molar-refractivity contribution in [2.45, 2.75) is 26.2 Å². The quantitative estimate of drug-likeness (QED) is 0.768. The predicted octanol–water partition coefficient (Wildman–Crippen LogP) is 2.67. The third-order valence-corrected chi connectivity index (χ3v) is 3.25. The van der Waals surface area contributed by atoms with Crippen molar-refractivity contribution < 1.29 is 9.21 Å². The Labute approximate surface area is 113 Å². The molecule has 0 N–H and O–H groups in total. The molecule has 0 bridgehead atoms. The van der Waals surface area contributed by atoms with E-state index in [1.54, 1.807) is 6.92 Å². The number of hydrogen-bond acceptors (Lipinski definition) is 4. The number of ketones is 1. The summed E-state index contributed by atoms with van der Waals surface area (Å²) in [7, 11) is 2.09. The van der Waals surface area contributed by atoms with Crippen molar-refractivity contribution in [2.24, 2.45) is 0 Å². The van der Waals surface area contributed by atoms with Gasteiger partial charge in [0.15, 0.2) is 12.0 Å². The van der Waals surface area contributed by atoms with Gasteiger partial charge in [-0.3, -0.25) is 0 Å². The minimum absolute atomic E-state index is 0.268. The van der Waals surface area contributed by atoms with Crippen LogP contribution in [0.1, 0.15) is 25.3 Å². The lowest BCUT2D eigenvalue weighted by atomic mass is 10.1. The topological polar surface area (TPSA) is 46.3 Å². The van der Waals surface area contributed by atoms with E-state index in [1.807, 2.05) is 12.1 Å². The van der Waals surface area contributed by atoms with Crippen LogP contribution in [-0.2, 0) is 11.2 Å². The van der Waals surface area contributed by atoms with Crippen LogP contribution >= 0.6 is 0 Å². The largest absolute Gasteiger partial charge is 0.443 e. The minimum Gasteiger partial charge on any atom is -0.443 e. The first kappa shape index (κ1) is 13.7. The van der Waals surface area contributed by atoms with Gasteiger partial charge >= 0.3 is 0 Å². The highest BCUT2D eigenvalue weighted by Crippen LogP contribution is 2.14. The molecule has 1 aromatic carbocycles. The predicted molar refractivity (Wildman–Crippen MR) is 75.1 cm³/mol. The molecule has 0 fully saturated rings.